The Morgan fingerprint density at radius 1 is 1.06 bits per heavy atom. The summed E-state index contributed by atoms with van der Waals surface area (Å²) in [6.07, 6.45) is 0. The molecular weight excluding hydrogens is 308 g/mol. The molecule has 1 aliphatic heterocycles. The number of hydrazine groups is 1. The molecule has 1 aliphatic rings. The van der Waals surface area contributed by atoms with Gasteiger partial charge in [0.25, 0.3) is 0 Å². The van der Waals surface area contributed by atoms with Crippen molar-refractivity contribution in [3.8, 4) is 0 Å². The average molecular weight is 316 g/mol. The van der Waals surface area contributed by atoms with E-state index in [-0.39, 0.29) is 18.2 Å². The van der Waals surface area contributed by atoms with Crippen LogP contribution in [0, 0.1) is 0 Å². The maximum Gasteiger partial charge on any atom is 0.514 e. The highest BCUT2D eigenvalue weighted by atomic mass is 32.3. The fourth-order valence-corrected chi connectivity index (χ4v) is 3.49. The summed E-state index contributed by atoms with van der Waals surface area (Å²) in [6, 6.07) is 0. The van der Waals surface area contributed by atoms with E-state index in [1.54, 1.807) is 0 Å². The molecule has 0 saturated carbocycles. The van der Waals surface area contributed by atoms with Crippen molar-refractivity contribution in [1.82, 2.24) is 8.83 Å². The minimum absolute atomic E-state index is 0.210. The maximum absolute atomic E-state index is 12.8. The van der Waals surface area contributed by atoms with Crippen molar-refractivity contribution in [2.24, 2.45) is 0 Å². The number of nitrogens with zero attached hydrogens (tertiary/aromatic N) is 2. The first-order valence-corrected chi connectivity index (χ1v) is 7.15. The largest absolute Gasteiger partial charge is 0.514 e. The Hall–Kier alpha value is -0.500. The molecule has 1 heterocycles. The zero-order chi connectivity index (χ0) is 14.2. The monoisotopic (exact) mass is 316 g/mol. The molecule has 1 rings (SSSR count). The van der Waals surface area contributed by atoms with Crippen LogP contribution in [0.2, 0.25) is 0 Å². The van der Waals surface area contributed by atoms with E-state index in [1.165, 1.54) is 0 Å². The van der Waals surface area contributed by atoms with Crippen LogP contribution in [0.4, 0.5) is 17.1 Å². The SMILES string of the molecule is O=S(=O)(F)N(N1CCOCC1)S(=O)(=O)C(F)(F)F. The van der Waals surface area contributed by atoms with Crippen LogP contribution < -0.4 is 0 Å². The standard InChI is InChI=1S/C5H8F4N2O5S2/c6-5(7,8)17(12,13)11(18(9,14)15)10-1-3-16-4-2-10/h1-4H2. The van der Waals surface area contributed by atoms with Crippen LogP contribution >= 0.6 is 0 Å². The summed E-state index contributed by atoms with van der Waals surface area (Å²) < 4.78 is 96.2. The van der Waals surface area contributed by atoms with Crippen molar-refractivity contribution >= 4 is 20.4 Å². The Labute approximate surface area is 100 Å². The van der Waals surface area contributed by atoms with Gasteiger partial charge >= 0.3 is 25.9 Å². The highest BCUT2D eigenvalue weighted by molar-refractivity contribution is 8.02. The lowest BCUT2D eigenvalue weighted by atomic mass is 10.5. The zero-order valence-electron chi connectivity index (χ0n) is 8.59. The van der Waals surface area contributed by atoms with Crippen molar-refractivity contribution < 1.29 is 38.6 Å². The molecule has 0 aromatic rings. The third kappa shape index (κ3) is 3.09. The summed E-state index contributed by atoms with van der Waals surface area (Å²) in [5.74, 6) is 0. The first-order chi connectivity index (χ1) is 7.98. The van der Waals surface area contributed by atoms with E-state index in [1.807, 2.05) is 0 Å². The number of rotatable bonds is 3. The molecule has 13 heteroatoms. The number of halogens is 4. The molecule has 7 nitrogen and oxygen atoms in total. The van der Waals surface area contributed by atoms with Crippen molar-refractivity contribution in [2.75, 3.05) is 26.3 Å². The molecular formula is C5H8F4N2O5S2. The molecule has 1 fully saturated rings. The summed E-state index contributed by atoms with van der Waals surface area (Å²) in [4.78, 5) is 0. The Kier molecular flexibility index (Phi) is 4.22. The smallest absolute Gasteiger partial charge is 0.379 e. The molecule has 0 unspecified atom stereocenters. The topological polar surface area (TPSA) is 84.0 Å². The number of sulfonamides is 1. The average Bonchev–Trinajstić information content (AvgIpc) is 2.14. The predicted octanol–water partition coefficient (Wildman–Crippen LogP) is -0.400. The van der Waals surface area contributed by atoms with Gasteiger partial charge in [-0.3, -0.25) is 0 Å². The van der Waals surface area contributed by atoms with Gasteiger partial charge in [-0.1, -0.05) is 3.89 Å². The van der Waals surface area contributed by atoms with Gasteiger partial charge in [0.15, 0.2) is 0 Å². The highest BCUT2D eigenvalue weighted by Gasteiger charge is 2.57. The lowest BCUT2D eigenvalue weighted by Crippen LogP contribution is -2.56. The Morgan fingerprint density at radius 3 is 1.83 bits per heavy atom. The number of ether oxygens (including phenoxy) is 1. The van der Waals surface area contributed by atoms with Crippen LogP contribution in [-0.2, 0) is 25.2 Å². The summed E-state index contributed by atoms with van der Waals surface area (Å²) in [5.41, 5.74) is -5.93. The van der Waals surface area contributed by atoms with Crippen molar-refractivity contribution in [1.29, 1.82) is 0 Å². The highest BCUT2D eigenvalue weighted by Crippen LogP contribution is 2.30. The lowest BCUT2D eigenvalue weighted by molar-refractivity contribution is -0.0616. The minimum atomic E-state index is -6.36. The first kappa shape index (κ1) is 15.6. The van der Waals surface area contributed by atoms with Gasteiger partial charge in [-0.25, -0.2) is 13.4 Å². The Bertz CT molecular complexity index is 494. The van der Waals surface area contributed by atoms with Crippen LogP contribution in [0.3, 0.4) is 0 Å². The molecule has 0 aromatic carbocycles. The van der Waals surface area contributed by atoms with Crippen LogP contribution in [0.1, 0.15) is 0 Å². The second-order valence-corrected chi connectivity index (χ2v) is 6.30. The molecule has 0 bridgehead atoms. The van der Waals surface area contributed by atoms with E-state index < -0.39 is 42.8 Å². The Balaban J connectivity index is 3.23. The molecule has 0 atom stereocenters. The fraction of sp³-hybridized carbons (Fsp3) is 1.00. The molecule has 0 amide bonds. The first-order valence-electron chi connectivity index (χ1n) is 4.37. The van der Waals surface area contributed by atoms with Gasteiger partial charge in [0, 0.05) is 16.9 Å². The van der Waals surface area contributed by atoms with E-state index >= 15 is 0 Å². The van der Waals surface area contributed by atoms with Gasteiger partial charge in [0.05, 0.1) is 13.2 Å². The molecule has 0 N–H and O–H groups in total. The van der Waals surface area contributed by atoms with Crippen molar-refractivity contribution in [3.05, 3.63) is 0 Å². The number of hydrogen-bond donors (Lipinski definition) is 0. The van der Waals surface area contributed by atoms with E-state index in [0.29, 0.717) is 0 Å². The fourth-order valence-electron chi connectivity index (χ4n) is 1.21. The molecule has 0 radical (unpaired) electrons. The third-order valence-corrected chi connectivity index (χ3v) is 4.86. The number of hydrogen-bond acceptors (Lipinski definition) is 6. The quantitative estimate of drug-likeness (QED) is 0.520. The minimum Gasteiger partial charge on any atom is -0.379 e. The normalized spacial score (nSPS) is 20.3. The zero-order valence-corrected chi connectivity index (χ0v) is 10.2. The van der Waals surface area contributed by atoms with Crippen molar-refractivity contribution in [2.45, 2.75) is 5.51 Å². The predicted molar refractivity (Wildman–Crippen MR) is 49.2 cm³/mol. The summed E-state index contributed by atoms with van der Waals surface area (Å²) >= 11 is 0. The van der Waals surface area contributed by atoms with Crippen molar-refractivity contribution in [3.63, 3.8) is 0 Å². The third-order valence-electron chi connectivity index (χ3n) is 1.90. The van der Waals surface area contributed by atoms with E-state index in [9.17, 15) is 33.9 Å². The van der Waals surface area contributed by atoms with Gasteiger partial charge in [0.2, 0.25) is 0 Å². The summed E-state index contributed by atoms with van der Waals surface area (Å²) in [6.45, 7) is -1.45. The molecule has 108 valence electrons. The summed E-state index contributed by atoms with van der Waals surface area (Å²) in [5, 5.41) is 0.210. The van der Waals surface area contributed by atoms with E-state index in [0.717, 1.165) is 0 Å². The van der Waals surface area contributed by atoms with Crippen LogP contribution in [0.15, 0.2) is 0 Å². The van der Waals surface area contributed by atoms with Crippen LogP contribution in [-0.4, -0.2) is 57.5 Å². The van der Waals surface area contributed by atoms with Gasteiger partial charge in [-0.2, -0.15) is 21.6 Å². The second kappa shape index (κ2) is 4.88. The van der Waals surface area contributed by atoms with E-state index in [4.69, 9.17) is 4.74 Å². The van der Waals surface area contributed by atoms with Crippen LogP contribution in [0.25, 0.3) is 0 Å². The molecule has 1 saturated heterocycles. The number of morpholine rings is 1. The molecule has 18 heavy (non-hydrogen) atoms. The second-order valence-electron chi connectivity index (χ2n) is 3.14. The molecule has 0 aromatic heterocycles. The number of alkyl halides is 3. The lowest BCUT2D eigenvalue weighted by Gasteiger charge is -2.32. The van der Waals surface area contributed by atoms with Gasteiger partial charge in [0.1, 0.15) is 0 Å². The van der Waals surface area contributed by atoms with Gasteiger partial charge in [-0.05, 0) is 0 Å². The maximum atomic E-state index is 12.8. The molecule has 0 spiro atoms. The summed E-state index contributed by atoms with van der Waals surface area (Å²) in [7, 11) is -12.5. The van der Waals surface area contributed by atoms with Gasteiger partial charge < -0.3 is 4.74 Å². The van der Waals surface area contributed by atoms with Crippen LogP contribution in [0.5, 0.6) is 0 Å². The molecule has 0 aliphatic carbocycles. The van der Waals surface area contributed by atoms with E-state index in [2.05, 4.69) is 0 Å². The van der Waals surface area contributed by atoms with Gasteiger partial charge in [-0.15, -0.1) is 0 Å². The Morgan fingerprint density at radius 2 is 1.50 bits per heavy atom.